The van der Waals surface area contributed by atoms with Gasteiger partial charge in [-0.1, -0.05) is 29.8 Å². The fourth-order valence-corrected chi connectivity index (χ4v) is 3.80. The molecule has 2 heterocycles. The second-order valence-corrected chi connectivity index (χ2v) is 7.92. The zero-order valence-electron chi connectivity index (χ0n) is 17.4. The molecule has 0 spiro atoms. The monoisotopic (exact) mass is 389 g/mol. The Morgan fingerprint density at radius 1 is 1.25 bits per heavy atom. The minimum atomic E-state index is 0.142. The number of hydrogen-bond acceptors (Lipinski definition) is 4. The fraction of sp³-hybridized carbons (Fsp3) is 0.682. The van der Waals surface area contributed by atoms with Crippen LogP contribution >= 0.6 is 0 Å². The quantitative estimate of drug-likeness (QED) is 0.555. The molecule has 2 saturated heterocycles. The third-order valence-electron chi connectivity index (χ3n) is 5.46. The van der Waals surface area contributed by atoms with E-state index in [2.05, 4.69) is 53.7 Å². The molecule has 0 radical (unpaired) electrons. The molecule has 0 amide bonds. The Hall–Kier alpha value is -1.63. The van der Waals surface area contributed by atoms with Crippen molar-refractivity contribution in [3.63, 3.8) is 0 Å². The number of hydrogen-bond donors (Lipinski definition) is 2. The molecule has 156 valence electrons. The van der Waals surface area contributed by atoms with Gasteiger partial charge >= 0.3 is 0 Å². The Morgan fingerprint density at radius 3 is 2.79 bits per heavy atom. The highest BCUT2D eigenvalue weighted by molar-refractivity contribution is 5.79. The number of aliphatic imine (C=N–C) groups is 1. The summed E-state index contributed by atoms with van der Waals surface area (Å²) in [5.41, 5.74) is 2.54. The van der Waals surface area contributed by atoms with Crippen LogP contribution in [0.4, 0.5) is 0 Å². The van der Waals surface area contributed by atoms with E-state index in [4.69, 9.17) is 14.2 Å². The summed E-state index contributed by atoms with van der Waals surface area (Å²) in [5.74, 6) is 1.24. The molecule has 3 rings (SSSR count). The van der Waals surface area contributed by atoms with Crippen molar-refractivity contribution in [1.29, 1.82) is 0 Å². The predicted octanol–water partition coefficient (Wildman–Crippen LogP) is 2.82. The van der Waals surface area contributed by atoms with E-state index in [9.17, 15) is 0 Å². The van der Waals surface area contributed by atoms with E-state index < -0.39 is 0 Å². The van der Waals surface area contributed by atoms with Gasteiger partial charge < -0.3 is 24.8 Å². The topological polar surface area (TPSA) is 64.1 Å². The average Bonchev–Trinajstić information content (AvgIpc) is 3.24. The molecule has 2 fully saturated rings. The van der Waals surface area contributed by atoms with Gasteiger partial charge in [0.2, 0.25) is 0 Å². The largest absolute Gasteiger partial charge is 0.379 e. The molecule has 0 bridgehead atoms. The van der Waals surface area contributed by atoms with Gasteiger partial charge in [0.1, 0.15) is 0 Å². The van der Waals surface area contributed by atoms with Crippen LogP contribution in [0.15, 0.2) is 29.3 Å². The van der Waals surface area contributed by atoms with Gasteiger partial charge in [0.15, 0.2) is 5.96 Å². The second kappa shape index (κ2) is 10.8. The summed E-state index contributed by atoms with van der Waals surface area (Å²) in [6, 6.07) is 8.89. The molecule has 4 unspecified atom stereocenters. The van der Waals surface area contributed by atoms with Gasteiger partial charge in [-0.15, -0.1) is 0 Å². The predicted molar refractivity (Wildman–Crippen MR) is 112 cm³/mol. The first-order valence-electron chi connectivity index (χ1n) is 10.5. The average molecular weight is 390 g/mol. The molecule has 1 aromatic rings. The van der Waals surface area contributed by atoms with Crippen molar-refractivity contribution in [2.75, 3.05) is 40.0 Å². The van der Waals surface area contributed by atoms with Gasteiger partial charge in [-0.2, -0.15) is 0 Å². The van der Waals surface area contributed by atoms with E-state index in [-0.39, 0.29) is 18.2 Å². The zero-order chi connectivity index (χ0) is 19.8. The van der Waals surface area contributed by atoms with Crippen molar-refractivity contribution in [3.05, 3.63) is 35.4 Å². The van der Waals surface area contributed by atoms with Gasteiger partial charge in [0, 0.05) is 38.8 Å². The van der Waals surface area contributed by atoms with Gasteiger partial charge in [-0.3, -0.25) is 4.99 Å². The van der Waals surface area contributed by atoms with Crippen LogP contribution in [0.2, 0.25) is 0 Å². The van der Waals surface area contributed by atoms with E-state index in [1.165, 1.54) is 11.1 Å². The smallest absolute Gasteiger partial charge is 0.191 e. The van der Waals surface area contributed by atoms with Gasteiger partial charge in [0.05, 0.1) is 25.4 Å². The van der Waals surface area contributed by atoms with Gasteiger partial charge in [-0.25, -0.2) is 0 Å². The molecule has 6 heteroatoms. The Balaban J connectivity index is 1.47. The number of aryl methyl sites for hydroxylation is 1. The molecule has 4 atom stereocenters. The molecule has 2 aliphatic heterocycles. The molecule has 28 heavy (non-hydrogen) atoms. The van der Waals surface area contributed by atoms with Crippen molar-refractivity contribution in [1.82, 2.24) is 10.6 Å². The van der Waals surface area contributed by atoms with Crippen LogP contribution < -0.4 is 10.6 Å². The molecule has 1 aromatic carbocycles. The number of nitrogens with zero attached hydrogens (tertiary/aromatic N) is 1. The summed E-state index contributed by atoms with van der Waals surface area (Å²) in [6.45, 7) is 8.06. The molecule has 2 aliphatic rings. The van der Waals surface area contributed by atoms with E-state index in [1.807, 2.05) is 7.05 Å². The van der Waals surface area contributed by atoms with Crippen LogP contribution in [-0.4, -0.2) is 58.1 Å². The van der Waals surface area contributed by atoms with Gasteiger partial charge in [0.25, 0.3) is 0 Å². The Bertz CT molecular complexity index is 614. The first-order chi connectivity index (χ1) is 13.7. The molecule has 2 N–H and O–H groups in total. The molecular formula is C22H35N3O3. The summed E-state index contributed by atoms with van der Waals surface area (Å²) in [6.07, 6.45) is 3.62. The molecule has 6 nitrogen and oxygen atoms in total. The second-order valence-electron chi connectivity index (χ2n) is 7.92. The minimum absolute atomic E-state index is 0.142. The van der Waals surface area contributed by atoms with Crippen LogP contribution in [0.3, 0.4) is 0 Å². The first kappa shape index (κ1) is 21.1. The van der Waals surface area contributed by atoms with Crippen molar-refractivity contribution < 1.29 is 14.2 Å². The number of nitrogens with one attached hydrogen (secondary N) is 2. The maximum Gasteiger partial charge on any atom is 0.191 e. The number of ether oxygens (including phenoxy) is 3. The first-order valence-corrected chi connectivity index (χ1v) is 10.5. The summed E-state index contributed by atoms with van der Waals surface area (Å²) in [4.78, 5) is 4.37. The molecule has 0 aliphatic carbocycles. The zero-order valence-corrected chi connectivity index (χ0v) is 17.4. The summed E-state index contributed by atoms with van der Waals surface area (Å²) < 4.78 is 17.4. The summed E-state index contributed by atoms with van der Waals surface area (Å²) in [7, 11) is 1.81. The third-order valence-corrected chi connectivity index (χ3v) is 5.46. The lowest BCUT2D eigenvalue weighted by atomic mass is 9.89. The highest BCUT2D eigenvalue weighted by Crippen LogP contribution is 2.33. The SMILES string of the molecule is CN=C(NCC1CCCOC1c1ccc(C)cc1)NC(C)COC1CCOC1. The summed E-state index contributed by atoms with van der Waals surface area (Å²) >= 11 is 0. The van der Waals surface area contributed by atoms with Crippen LogP contribution in [0, 0.1) is 12.8 Å². The number of guanidine groups is 1. The van der Waals surface area contributed by atoms with Crippen LogP contribution in [-0.2, 0) is 14.2 Å². The normalized spacial score (nSPS) is 26.8. The number of benzene rings is 1. The molecular weight excluding hydrogens is 354 g/mol. The summed E-state index contributed by atoms with van der Waals surface area (Å²) in [5, 5.41) is 6.91. The van der Waals surface area contributed by atoms with Crippen molar-refractivity contribution >= 4 is 5.96 Å². The van der Waals surface area contributed by atoms with Crippen molar-refractivity contribution in [3.8, 4) is 0 Å². The lowest BCUT2D eigenvalue weighted by Crippen LogP contribution is -2.46. The Labute approximate surface area is 169 Å². The van der Waals surface area contributed by atoms with Gasteiger partial charge in [-0.05, 0) is 38.7 Å². The minimum Gasteiger partial charge on any atom is -0.379 e. The van der Waals surface area contributed by atoms with Crippen LogP contribution in [0.25, 0.3) is 0 Å². The third kappa shape index (κ3) is 6.19. The molecule has 0 saturated carbocycles. The lowest BCUT2D eigenvalue weighted by molar-refractivity contribution is -0.0265. The van der Waals surface area contributed by atoms with E-state index in [0.717, 1.165) is 45.0 Å². The van der Waals surface area contributed by atoms with E-state index in [0.29, 0.717) is 19.1 Å². The van der Waals surface area contributed by atoms with Crippen molar-refractivity contribution in [2.24, 2.45) is 10.9 Å². The van der Waals surface area contributed by atoms with E-state index in [1.54, 1.807) is 0 Å². The van der Waals surface area contributed by atoms with Crippen LogP contribution in [0.5, 0.6) is 0 Å². The lowest BCUT2D eigenvalue weighted by Gasteiger charge is -2.33. The van der Waals surface area contributed by atoms with E-state index >= 15 is 0 Å². The molecule has 0 aromatic heterocycles. The maximum atomic E-state index is 6.13. The Kier molecular flexibility index (Phi) is 8.13. The van der Waals surface area contributed by atoms with Crippen LogP contribution in [0.1, 0.15) is 43.4 Å². The number of rotatable bonds is 7. The highest BCUT2D eigenvalue weighted by Gasteiger charge is 2.27. The maximum absolute atomic E-state index is 6.13. The van der Waals surface area contributed by atoms with Crippen molar-refractivity contribution in [2.45, 2.75) is 51.4 Å². The fourth-order valence-electron chi connectivity index (χ4n) is 3.80. The highest BCUT2D eigenvalue weighted by atomic mass is 16.5. The standard InChI is InChI=1S/C22H35N3O3/c1-16-6-8-18(9-7-16)21-19(5-4-11-27-21)13-24-22(23-3)25-17(2)14-28-20-10-12-26-15-20/h6-9,17,19-21H,4-5,10-15H2,1-3H3,(H2,23,24,25). The Morgan fingerprint density at radius 2 is 2.07 bits per heavy atom.